The first-order chi connectivity index (χ1) is 11.5. The normalized spacial score (nSPS) is 10.7. The number of aromatic nitrogens is 1. The third kappa shape index (κ3) is 2.88. The second-order valence-electron chi connectivity index (χ2n) is 5.00. The quantitative estimate of drug-likeness (QED) is 0.702. The van der Waals surface area contributed by atoms with Crippen molar-refractivity contribution in [1.82, 2.24) is 4.98 Å². The minimum Gasteiger partial charge on any atom is -0.495 e. The van der Waals surface area contributed by atoms with Gasteiger partial charge in [0.05, 0.1) is 30.0 Å². The number of anilines is 1. The molecule has 0 bridgehead atoms. The number of amides is 1. The number of halogens is 2. The lowest BCUT2D eigenvalue weighted by atomic mass is 10.2. The van der Waals surface area contributed by atoms with Crippen LogP contribution in [0.25, 0.3) is 10.9 Å². The molecular weight excluding hydrogens is 351 g/mol. The number of rotatable bonds is 4. The zero-order valence-electron chi connectivity index (χ0n) is 12.9. The van der Waals surface area contributed by atoms with Gasteiger partial charge in [-0.25, -0.2) is 0 Å². The second-order valence-corrected chi connectivity index (χ2v) is 5.79. The minimum absolute atomic E-state index is 0.270. The van der Waals surface area contributed by atoms with Gasteiger partial charge in [-0.2, -0.15) is 0 Å². The molecule has 0 atom stereocenters. The van der Waals surface area contributed by atoms with E-state index in [1.807, 2.05) is 24.3 Å². The lowest BCUT2D eigenvalue weighted by Crippen LogP contribution is -2.13. The van der Waals surface area contributed by atoms with Crippen LogP contribution in [0.15, 0.2) is 36.4 Å². The van der Waals surface area contributed by atoms with Gasteiger partial charge in [-0.05, 0) is 12.1 Å². The molecule has 0 unspecified atom stereocenters. The molecule has 3 rings (SSSR count). The number of carbonyl (C=O) groups is 1. The summed E-state index contributed by atoms with van der Waals surface area (Å²) in [6.07, 6.45) is 0. The highest BCUT2D eigenvalue weighted by molar-refractivity contribution is 6.39. The molecule has 2 aromatic carbocycles. The molecule has 0 aliphatic rings. The van der Waals surface area contributed by atoms with Crippen molar-refractivity contribution in [2.75, 3.05) is 19.5 Å². The van der Waals surface area contributed by atoms with E-state index in [2.05, 4.69) is 10.3 Å². The molecule has 5 nitrogen and oxygen atoms in total. The fourth-order valence-corrected chi connectivity index (χ4v) is 2.95. The van der Waals surface area contributed by atoms with E-state index in [-0.39, 0.29) is 5.69 Å². The lowest BCUT2D eigenvalue weighted by molar-refractivity contribution is 0.102. The van der Waals surface area contributed by atoms with E-state index in [4.69, 9.17) is 32.7 Å². The molecule has 0 aliphatic heterocycles. The predicted octanol–water partition coefficient (Wildman–Crippen LogP) is 4.74. The van der Waals surface area contributed by atoms with Gasteiger partial charge in [0.15, 0.2) is 0 Å². The van der Waals surface area contributed by atoms with Crippen LogP contribution < -0.4 is 14.8 Å². The van der Waals surface area contributed by atoms with Crippen LogP contribution in [0.4, 0.5) is 5.69 Å². The first-order valence-corrected chi connectivity index (χ1v) is 7.79. The highest BCUT2D eigenvalue weighted by Crippen LogP contribution is 2.36. The number of methoxy groups -OCH3 is 2. The van der Waals surface area contributed by atoms with Crippen molar-refractivity contribution in [2.45, 2.75) is 0 Å². The topological polar surface area (TPSA) is 63.4 Å². The standard InChI is InChI=1S/C17H14Cl2N2O3/c1-23-13-8-14(24-2)12(7-10(13)18)21-17(22)16-15(19)9-5-3-4-6-11(9)20-16/h3-8,20H,1-2H3,(H,21,22). The van der Waals surface area contributed by atoms with E-state index in [9.17, 15) is 4.79 Å². The lowest BCUT2D eigenvalue weighted by Gasteiger charge is -2.12. The summed E-state index contributed by atoms with van der Waals surface area (Å²) >= 11 is 12.4. The Kier molecular flexibility index (Phi) is 4.55. The Balaban J connectivity index is 1.97. The van der Waals surface area contributed by atoms with E-state index >= 15 is 0 Å². The van der Waals surface area contributed by atoms with Crippen molar-refractivity contribution < 1.29 is 14.3 Å². The van der Waals surface area contributed by atoms with Crippen LogP contribution in [-0.4, -0.2) is 25.1 Å². The molecule has 2 N–H and O–H groups in total. The van der Waals surface area contributed by atoms with Gasteiger partial charge in [-0.1, -0.05) is 41.4 Å². The van der Waals surface area contributed by atoms with E-state index in [0.29, 0.717) is 27.2 Å². The van der Waals surface area contributed by atoms with Crippen molar-refractivity contribution in [3.63, 3.8) is 0 Å². The number of ether oxygens (including phenoxy) is 2. The van der Waals surface area contributed by atoms with Crippen molar-refractivity contribution in [2.24, 2.45) is 0 Å². The van der Waals surface area contributed by atoms with Gasteiger partial charge in [0.2, 0.25) is 0 Å². The highest BCUT2D eigenvalue weighted by Gasteiger charge is 2.19. The summed E-state index contributed by atoms with van der Waals surface area (Å²) in [5.74, 6) is 0.489. The number of hydrogen-bond donors (Lipinski definition) is 2. The summed E-state index contributed by atoms with van der Waals surface area (Å²) in [5.41, 5.74) is 1.47. The van der Waals surface area contributed by atoms with Crippen molar-refractivity contribution in [3.8, 4) is 11.5 Å². The molecule has 7 heteroatoms. The number of fused-ring (bicyclic) bond motifs is 1. The zero-order valence-corrected chi connectivity index (χ0v) is 14.5. The molecule has 0 radical (unpaired) electrons. The average molecular weight is 365 g/mol. The van der Waals surface area contributed by atoms with Crippen LogP contribution in [0.2, 0.25) is 10.0 Å². The highest BCUT2D eigenvalue weighted by atomic mass is 35.5. The van der Waals surface area contributed by atoms with E-state index in [1.165, 1.54) is 14.2 Å². The number of aromatic amines is 1. The summed E-state index contributed by atoms with van der Waals surface area (Å²) in [6.45, 7) is 0. The molecule has 0 saturated heterocycles. The van der Waals surface area contributed by atoms with Crippen LogP contribution >= 0.6 is 23.2 Å². The minimum atomic E-state index is -0.393. The molecule has 0 saturated carbocycles. The van der Waals surface area contributed by atoms with Gasteiger partial charge in [0.1, 0.15) is 17.2 Å². The number of benzene rings is 2. The monoisotopic (exact) mass is 364 g/mol. The summed E-state index contributed by atoms with van der Waals surface area (Å²) in [6, 6.07) is 10.6. The van der Waals surface area contributed by atoms with Crippen molar-refractivity contribution in [3.05, 3.63) is 52.1 Å². The number of nitrogens with one attached hydrogen (secondary N) is 2. The summed E-state index contributed by atoms with van der Waals surface area (Å²) in [4.78, 5) is 15.6. The molecule has 3 aromatic rings. The largest absolute Gasteiger partial charge is 0.495 e. The SMILES string of the molecule is COc1cc(OC)c(NC(=O)c2[nH]c3ccccc3c2Cl)cc1Cl. The first kappa shape index (κ1) is 16.5. The van der Waals surface area contributed by atoms with Crippen LogP contribution in [0.5, 0.6) is 11.5 Å². The van der Waals surface area contributed by atoms with Crippen molar-refractivity contribution in [1.29, 1.82) is 0 Å². The molecule has 1 amide bonds. The van der Waals surface area contributed by atoms with E-state index in [1.54, 1.807) is 12.1 Å². The van der Waals surface area contributed by atoms with Crippen LogP contribution in [-0.2, 0) is 0 Å². The number of H-pyrrole nitrogens is 1. The Bertz CT molecular complexity index is 922. The Morgan fingerprint density at radius 3 is 2.46 bits per heavy atom. The Morgan fingerprint density at radius 2 is 1.79 bits per heavy atom. The molecule has 0 spiro atoms. The third-order valence-electron chi connectivity index (χ3n) is 3.59. The van der Waals surface area contributed by atoms with Gasteiger partial charge < -0.3 is 19.8 Å². The van der Waals surface area contributed by atoms with Crippen LogP contribution in [0, 0.1) is 0 Å². The van der Waals surface area contributed by atoms with Gasteiger partial charge in [-0.15, -0.1) is 0 Å². The van der Waals surface area contributed by atoms with Crippen LogP contribution in [0.1, 0.15) is 10.5 Å². The predicted molar refractivity (Wildman–Crippen MR) is 95.8 cm³/mol. The smallest absolute Gasteiger partial charge is 0.273 e. The average Bonchev–Trinajstić information content (AvgIpc) is 2.92. The van der Waals surface area contributed by atoms with Gasteiger partial charge >= 0.3 is 0 Å². The number of hydrogen-bond acceptors (Lipinski definition) is 3. The van der Waals surface area contributed by atoms with E-state index in [0.717, 1.165) is 10.9 Å². The summed E-state index contributed by atoms with van der Waals surface area (Å²) in [5, 5.41) is 4.25. The molecule has 124 valence electrons. The van der Waals surface area contributed by atoms with Crippen molar-refractivity contribution >= 4 is 45.7 Å². The van der Waals surface area contributed by atoms with Gasteiger partial charge in [-0.3, -0.25) is 4.79 Å². The maximum Gasteiger partial charge on any atom is 0.273 e. The molecule has 0 fully saturated rings. The first-order valence-electron chi connectivity index (χ1n) is 7.04. The fraction of sp³-hybridized carbons (Fsp3) is 0.118. The number of para-hydroxylation sites is 1. The maximum atomic E-state index is 12.6. The fourth-order valence-electron chi connectivity index (χ4n) is 2.41. The Labute approximate surface area is 148 Å². The van der Waals surface area contributed by atoms with Gasteiger partial charge in [0.25, 0.3) is 5.91 Å². The molecule has 24 heavy (non-hydrogen) atoms. The van der Waals surface area contributed by atoms with Crippen LogP contribution in [0.3, 0.4) is 0 Å². The molecule has 1 heterocycles. The molecule has 0 aliphatic carbocycles. The Morgan fingerprint density at radius 1 is 1.08 bits per heavy atom. The zero-order chi connectivity index (χ0) is 17.3. The maximum absolute atomic E-state index is 12.6. The second kappa shape index (κ2) is 6.63. The Hall–Kier alpha value is -2.37. The third-order valence-corrected chi connectivity index (χ3v) is 4.28. The summed E-state index contributed by atoms with van der Waals surface area (Å²) in [7, 11) is 3.00. The molecule has 1 aromatic heterocycles. The van der Waals surface area contributed by atoms with Gasteiger partial charge in [0, 0.05) is 17.0 Å². The number of carbonyl (C=O) groups excluding carboxylic acids is 1. The summed E-state index contributed by atoms with van der Waals surface area (Å²) < 4.78 is 10.4. The van der Waals surface area contributed by atoms with E-state index < -0.39 is 5.91 Å². The molecular formula is C17H14Cl2N2O3.